The second kappa shape index (κ2) is 9.97. The number of nitrogens with zero attached hydrogens (tertiary/aromatic N) is 2. The molecule has 0 saturated heterocycles. The largest absolute Gasteiger partial charge is 0.493 e. The molecule has 0 heterocycles. The summed E-state index contributed by atoms with van der Waals surface area (Å²) >= 11 is 0. The van der Waals surface area contributed by atoms with Crippen molar-refractivity contribution < 1.29 is 4.74 Å². The number of hydrogen-bond donors (Lipinski definition) is 0. The maximum Gasteiger partial charge on any atom is 0.119 e. The molecule has 0 saturated carbocycles. The smallest absolute Gasteiger partial charge is 0.119 e. The van der Waals surface area contributed by atoms with Gasteiger partial charge in [0, 0.05) is 0 Å². The van der Waals surface area contributed by atoms with Crippen LogP contribution in [0, 0.1) is 11.8 Å². The van der Waals surface area contributed by atoms with Crippen molar-refractivity contribution in [2.45, 2.75) is 47.0 Å². The van der Waals surface area contributed by atoms with Crippen LogP contribution in [-0.2, 0) is 6.42 Å². The fourth-order valence-electron chi connectivity index (χ4n) is 2.33. The van der Waals surface area contributed by atoms with Gasteiger partial charge in [-0.3, -0.25) is 0 Å². The highest BCUT2D eigenvalue weighted by Crippen LogP contribution is 2.22. The van der Waals surface area contributed by atoms with Crippen LogP contribution in [0.15, 0.2) is 58.8 Å². The molecule has 0 fully saturated rings. The number of hydrogen-bond acceptors (Lipinski definition) is 3. The Kier molecular flexibility index (Phi) is 7.65. The normalized spacial score (nSPS) is 13.8. The predicted octanol–water partition coefficient (Wildman–Crippen LogP) is 7.12. The Bertz CT molecular complexity index is 647. The second-order valence-corrected chi connectivity index (χ2v) is 6.90. The van der Waals surface area contributed by atoms with Gasteiger partial charge in [-0.2, -0.15) is 10.2 Å². The summed E-state index contributed by atoms with van der Waals surface area (Å²) in [6.07, 6.45) is 3.45. The van der Waals surface area contributed by atoms with Crippen LogP contribution in [0.2, 0.25) is 0 Å². The van der Waals surface area contributed by atoms with Crippen LogP contribution in [0.3, 0.4) is 0 Å². The molecule has 0 aromatic heterocycles. The molecular weight excluding hydrogens is 308 g/mol. The van der Waals surface area contributed by atoms with Crippen molar-refractivity contribution in [1.82, 2.24) is 0 Å². The van der Waals surface area contributed by atoms with Gasteiger partial charge in [-0.05, 0) is 60.2 Å². The first kappa shape index (κ1) is 19.2. The highest BCUT2D eigenvalue weighted by atomic mass is 16.5. The van der Waals surface area contributed by atoms with Gasteiger partial charge in [0.2, 0.25) is 0 Å². The van der Waals surface area contributed by atoms with E-state index in [-0.39, 0.29) is 0 Å². The van der Waals surface area contributed by atoms with Gasteiger partial charge >= 0.3 is 0 Å². The Morgan fingerprint density at radius 3 is 1.80 bits per heavy atom. The molecule has 2 unspecified atom stereocenters. The summed E-state index contributed by atoms with van der Waals surface area (Å²) in [5, 5.41) is 8.62. The van der Waals surface area contributed by atoms with Gasteiger partial charge in [0.15, 0.2) is 0 Å². The lowest BCUT2D eigenvalue weighted by molar-refractivity contribution is 0.256. The van der Waals surface area contributed by atoms with Crippen molar-refractivity contribution in [3.63, 3.8) is 0 Å². The molecule has 0 bridgehead atoms. The van der Waals surface area contributed by atoms with Crippen LogP contribution in [0.25, 0.3) is 0 Å². The van der Waals surface area contributed by atoms with E-state index in [0.717, 1.165) is 36.6 Å². The summed E-state index contributed by atoms with van der Waals surface area (Å²) in [6.45, 7) is 9.63. The van der Waals surface area contributed by atoms with Crippen LogP contribution in [0.1, 0.15) is 46.1 Å². The minimum absolute atomic E-state index is 0.572. The van der Waals surface area contributed by atoms with Gasteiger partial charge in [0.05, 0.1) is 18.0 Å². The summed E-state index contributed by atoms with van der Waals surface area (Å²) in [5.41, 5.74) is 3.07. The van der Waals surface area contributed by atoms with Gasteiger partial charge in [-0.1, -0.05) is 52.7 Å². The maximum atomic E-state index is 5.76. The molecule has 134 valence electrons. The molecule has 2 atom stereocenters. The Morgan fingerprint density at radius 1 is 0.760 bits per heavy atom. The van der Waals surface area contributed by atoms with Gasteiger partial charge in [-0.25, -0.2) is 0 Å². The molecule has 2 rings (SSSR count). The summed E-state index contributed by atoms with van der Waals surface area (Å²) in [6, 6.07) is 16.1. The molecule has 0 N–H and O–H groups in total. The Hall–Kier alpha value is -2.16. The minimum atomic E-state index is 0.572. The molecule has 3 nitrogen and oxygen atoms in total. The highest BCUT2D eigenvalue weighted by Gasteiger charge is 2.02. The SMILES string of the molecule is CCC(C)COc1ccc(N=Nc2ccc(CC(C)CC)cc2)cc1. The van der Waals surface area contributed by atoms with E-state index in [0.29, 0.717) is 11.8 Å². The van der Waals surface area contributed by atoms with E-state index in [1.165, 1.54) is 12.0 Å². The van der Waals surface area contributed by atoms with E-state index >= 15 is 0 Å². The lowest BCUT2D eigenvalue weighted by atomic mass is 9.99. The molecule has 0 spiro atoms. The average Bonchev–Trinajstić information content (AvgIpc) is 2.66. The molecule has 0 aliphatic heterocycles. The number of ether oxygens (including phenoxy) is 1. The molecular formula is C22H30N2O. The zero-order valence-corrected chi connectivity index (χ0v) is 15.9. The zero-order chi connectivity index (χ0) is 18.1. The number of benzene rings is 2. The van der Waals surface area contributed by atoms with E-state index in [1.54, 1.807) is 0 Å². The Morgan fingerprint density at radius 2 is 1.28 bits per heavy atom. The average molecular weight is 338 g/mol. The van der Waals surface area contributed by atoms with Crippen LogP contribution < -0.4 is 4.74 Å². The van der Waals surface area contributed by atoms with Crippen molar-refractivity contribution in [2.75, 3.05) is 6.61 Å². The first-order chi connectivity index (χ1) is 12.1. The predicted molar refractivity (Wildman–Crippen MR) is 105 cm³/mol. The second-order valence-electron chi connectivity index (χ2n) is 6.90. The van der Waals surface area contributed by atoms with Crippen LogP contribution in [-0.4, -0.2) is 6.61 Å². The molecule has 25 heavy (non-hydrogen) atoms. The summed E-state index contributed by atoms with van der Waals surface area (Å²) in [4.78, 5) is 0. The first-order valence-corrected chi connectivity index (χ1v) is 9.34. The minimum Gasteiger partial charge on any atom is -0.493 e. The topological polar surface area (TPSA) is 34.0 Å². The number of rotatable bonds is 9. The van der Waals surface area contributed by atoms with Crippen LogP contribution >= 0.6 is 0 Å². The van der Waals surface area contributed by atoms with Gasteiger partial charge < -0.3 is 4.74 Å². The fourth-order valence-corrected chi connectivity index (χ4v) is 2.33. The standard InChI is InChI=1S/C22H30N2O/c1-5-17(3)15-19-7-9-20(10-8-19)23-24-21-11-13-22(14-12-21)25-16-18(4)6-2/h7-14,17-18H,5-6,15-16H2,1-4H3. The summed E-state index contributed by atoms with van der Waals surface area (Å²) < 4.78 is 5.76. The first-order valence-electron chi connectivity index (χ1n) is 9.34. The molecule has 2 aromatic rings. The molecule has 0 aliphatic rings. The lowest BCUT2D eigenvalue weighted by Crippen LogP contribution is -2.06. The quantitative estimate of drug-likeness (QED) is 0.448. The van der Waals surface area contributed by atoms with E-state index in [4.69, 9.17) is 4.74 Å². The van der Waals surface area contributed by atoms with Crippen molar-refractivity contribution in [3.8, 4) is 5.75 Å². The third-order valence-electron chi connectivity index (χ3n) is 4.57. The van der Waals surface area contributed by atoms with Gasteiger partial charge in [-0.15, -0.1) is 0 Å². The number of azo groups is 1. The highest BCUT2D eigenvalue weighted by molar-refractivity contribution is 5.43. The van der Waals surface area contributed by atoms with Crippen molar-refractivity contribution in [2.24, 2.45) is 22.1 Å². The van der Waals surface area contributed by atoms with E-state index < -0.39 is 0 Å². The van der Waals surface area contributed by atoms with Crippen molar-refractivity contribution in [1.29, 1.82) is 0 Å². The maximum absolute atomic E-state index is 5.76. The van der Waals surface area contributed by atoms with E-state index in [1.807, 2.05) is 36.4 Å². The van der Waals surface area contributed by atoms with E-state index in [2.05, 4.69) is 50.1 Å². The molecule has 2 aromatic carbocycles. The Balaban J connectivity index is 1.90. The zero-order valence-electron chi connectivity index (χ0n) is 15.9. The summed E-state index contributed by atoms with van der Waals surface area (Å²) in [7, 11) is 0. The third kappa shape index (κ3) is 6.69. The fraction of sp³-hybridized carbons (Fsp3) is 0.455. The molecule has 0 amide bonds. The Labute approximate surface area is 152 Å². The van der Waals surface area contributed by atoms with Crippen molar-refractivity contribution >= 4 is 11.4 Å². The van der Waals surface area contributed by atoms with E-state index in [9.17, 15) is 0 Å². The van der Waals surface area contributed by atoms with Crippen molar-refractivity contribution in [3.05, 3.63) is 54.1 Å². The molecule has 0 aliphatic carbocycles. The van der Waals surface area contributed by atoms with Crippen LogP contribution in [0.4, 0.5) is 11.4 Å². The van der Waals surface area contributed by atoms with Crippen LogP contribution in [0.5, 0.6) is 5.75 Å². The lowest BCUT2D eigenvalue weighted by Gasteiger charge is -2.10. The third-order valence-corrected chi connectivity index (χ3v) is 4.57. The monoisotopic (exact) mass is 338 g/mol. The molecule has 0 radical (unpaired) electrons. The summed E-state index contributed by atoms with van der Waals surface area (Å²) in [5.74, 6) is 2.17. The van der Waals surface area contributed by atoms with Gasteiger partial charge in [0.25, 0.3) is 0 Å². The molecule has 3 heteroatoms. The van der Waals surface area contributed by atoms with Gasteiger partial charge in [0.1, 0.15) is 5.75 Å².